The van der Waals surface area contributed by atoms with E-state index in [0.29, 0.717) is 0 Å². The number of nitrogens with one attached hydrogen (secondary N) is 1. The molecule has 0 saturated carbocycles. The number of carbonyl (C=O) groups excluding carboxylic acids is 1. The SMILES string of the molecule is NS(=O)(=O)CCNC(=O)S. The first kappa shape index (κ1) is 9.73. The van der Waals surface area contributed by atoms with Gasteiger partial charge in [-0.25, -0.2) is 13.6 Å². The molecule has 7 heteroatoms. The molecule has 0 atom stereocenters. The van der Waals surface area contributed by atoms with E-state index in [1.165, 1.54) is 0 Å². The van der Waals surface area contributed by atoms with Crippen LogP contribution in [0.4, 0.5) is 4.79 Å². The standard InChI is InChI=1S/C3H8N2O3S2/c4-10(7,8)2-1-5-3(6)9/h1-2H2,(H2,4,7,8)(H2,5,6,9). The molecule has 0 aliphatic rings. The Kier molecular flexibility index (Phi) is 3.69. The molecule has 0 aliphatic carbocycles. The first-order valence-electron chi connectivity index (χ1n) is 2.39. The Labute approximate surface area is 64.4 Å². The van der Waals surface area contributed by atoms with E-state index >= 15 is 0 Å². The quantitative estimate of drug-likeness (QED) is 0.487. The summed E-state index contributed by atoms with van der Waals surface area (Å²) in [6.45, 7) is 0.00116. The maximum atomic E-state index is 10.2. The highest BCUT2D eigenvalue weighted by molar-refractivity contribution is 7.96. The molecule has 0 bridgehead atoms. The van der Waals surface area contributed by atoms with Crippen molar-refractivity contribution in [3.63, 3.8) is 0 Å². The summed E-state index contributed by atoms with van der Waals surface area (Å²) in [6, 6.07) is 0. The molecule has 0 heterocycles. The van der Waals surface area contributed by atoms with E-state index in [2.05, 4.69) is 23.1 Å². The molecule has 0 fully saturated rings. The van der Waals surface area contributed by atoms with Crippen LogP contribution in [-0.2, 0) is 10.0 Å². The van der Waals surface area contributed by atoms with E-state index in [1.807, 2.05) is 0 Å². The molecule has 10 heavy (non-hydrogen) atoms. The zero-order chi connectivity index (χ0) is 8.20. The first-order chi connectivity index (χ1) is 4.42. The summed E-state index contributed by atoms with van der Waals surface area (Å²) in [6.07, 6.45) is 0. The van der Waals surface area contributed by atoms with Crippen molar-refractivity contribution in [3.8, 4) is 0 Å². The van der Waals surface area contributed by atoms with Crippen LogP contribution in [0.2, 0.25) is 0 Å². The van der Waals surface area contributed by atoms with Gasteiger partial charge in [-0.3, -0.25) is 4.79 Å². The molecule has 0 unspecified atom stereocenters. The average Bonchev–Trinajstić information content (AvgIpc) is 1.59. The maximum Gasteiger partial charge on any atom is 0.276 e. The lowest BCUT2D eigenvalue weighted by Crippen LogP contribution is -2.28. The van der Waals surface area contributed by atoms with Gasteiger partial charge >= 0.3 is 0 Å². The monoisotopic (exact) mass is 184 g/mol. The zero-order valence-electron chi connectivity index (χ0n) is 5.07. The fourth-order valence-electron chi connectivity index (χ4n) is 0.300. The fourth-order valence-corrected chi connectivity index (χ4v) is 0.799. The van der Waals surface area contributed by atoms with E-state index in [1.54, 1.807) is 0 Å². The maximum absolute atomic E-state index is 10.2. The molecule has 0 aromatic rings. The zero-order valence-corrected chi connectivity index (χ0v) is 6.78. The summed E-state index contributed by atoms with van der Waals surface area (Å²) in [4.78, 5) is 10.0. The summed E-state index contributed by atoms with van der Waals surface area (Å²) < 4.78 is 20.4. The molecule has 3 N–H and O–H groups in total. The van der Waals surface area contributed by atoms with Gasteiger partial charge in [-0.05, 0) is 0 Å². The Bertz CT molecular complexity index is 210. The van der Waals surface area contributed by atoms with Gasteiger partial charge in [0.15, 0.2) is 0 Å². The third-order valence-electron chi connectivity index (χ3n) is 0.663. The molecule has 0 rings (SSSR count). The minimum absolute atomic E-state index is 0.00116. The second-order valence-corrected chi connectivity index (χ2v) is 3.74. The highest BCUT2D eigenvalue weighted by Crippen LogP contribution is 1.77. The first-order valence-corrected chi connectivity index (χ1v) is 4.55. The third kappa shape index (κ3) is 7.73. The molecule has 0 spiro atoms. The van der Waals surface area contributed by atoms with Gasteiger partial charge in [0, 0.05) is 6.54 Å². The molecule has 0 aliphatic heterocycles. The topological polar surface area (TPSA) is 89.3 Å². The lowest BCUT2D eigenvalue weighted by atomic mass is 10.8. The number of nitrogens with two attached hydrogens (primary N) is 1. The van der Waals surface area contributed by atoms with E-state index in [-0.39, 0.29) is 12.3 Å². The lowest BCUT2D eigenvalue weighted by molar-refractivity contribution is 0.261. The van der Waals surface area contributed by atoms with Crippen LogP contribution in [0.25, 0.3) is 0 Å². The van der Waals surface area contributed by atoms with Crippen LogP contribution in [0, 0.1) is 0 Å². The van der Waals surface area contributed by atoms with E-state index < -0.39 is 15.3 Å². The molecule has 1 amide bonds. The second-order valence-electron chi connectivity index (χ2n) is 1.60. The average molecular weight is 184 g/mol. The van der Waals surface area contributed by atoms with Crippen LogP contribution in [0.15, 0.2) is 0 Å². The van der Waals surface area contributed by atoms with Gasteiger partial charge in [-0.15, -0.1) is 0 Å². The van der Waals surface area contributed by atoms with Crippen molar-refractivity contribution >= 4 is 27.9 Å². The Morgan fingerprint density at radius 2 is 2.10 bits per heavy atom. The Hall–Kier alpha value is -0.270. The fraction of sp³-hybridized carbons (Fsp3) is 0.667. The van der Waals surface area contributed by atoms with Gasteiger partial charge in [0.25, 0.3) is 5.24 Å². The van der Waals surface area contributed by atoms with Crippen molar-refractivity contribution in [2.45, 2.75) is 0 Å². The van der Waals surface area contributed by atoms with Crippen LogP contribution in [0.5, 0.6) is 0 Å². The predicted molar refractivity (Wildman–Crippen MR) is 40.4 cm³/mol. The van der Waals surface area contributed by atoms with E-state index in [0.717, 1.165) is 0 Å². The predicted octanol–water partition coefficient (Wildman–Crippen LogP) is -1.09. The number of carbonyl (C=O) groups is 1. The minimum Gasteiger partial charge on any atom is -0.346 e. The van der Waals surface area contributed by atoms with Gasteiger partial charge in [0.2, 0.25) is 10.0 Å². The molecular formula is C3H8N2O3S2. The summed E-state index contributed by atoms with van der Waals surface area (Å²) >= 11 is 3.34. The molecule has 5 nitrogen and oxygen atoms in total. The second kappa shape index (κ2) is 3.79. The van der Waals surface area contributed by atoms with Gasteiger partial charge in [-0.1, -0.05) is 12.6 Å². The van der Waals surface area contributed by atoms with Crippen molar-refractivity contribution in [3.05, 3.63) is 0 Å². The molecule has 0 aromatic heterocycles. The Balaban J connectivity index is 3.49. The normalized spacial score (nSPS) is 11.0. The van der Waals surface area contributed by atoms with Gasteiger partial charge < -0.3 is 5.32 Å². The summed E-state index contributed by atoms with van der Waals surface area (Å²) in [5.74, 6) is -0.265. The largest absolute Gasteiger partial charge is 0.346 e. The molecule has 0 saturated heterocycles. The molecule has 0 radical (unpaired) electrons. The van der Waals surface area contributed by atoms with Crippen molar-refractivity contribution in [2.75, 3.05) is 12.3 Å². The van der Waals surface area contributed by atoms with Crippen molar-refractivity contribution in [1.29, 1.82) is 0 Å². The van der Waals surface area contributed by atoms with Crippen LogP contribution >= 0.6 is 12.6 Å². The lowest BCUT2D eigenvalue weighted by Gasteiger charge is -1.97. The number of rotatable bonds is 3. The smallest absolute Gasteiger partial charge is 0.276 e. The van der Waals surface area contributed by atoms with Crippen LogP contribution in [-0.4, -0.2) is 26.0 Å². The number of amides is 1. The highest BCUT2D eigenvalue weighted by Gasteiger charge is 2.01. The van der Waals surface area contributed by atoms with Crippen molar-refractivity contribution in [1.82, 2.24) is 5.32 Å². The Morgan fingerprint density at radius 3 is 2.40 bits per heavy atom. The molecule has 0 aromatic carbocycles. The Morgan fingerprint density at radius 1 is 1.60 bits per heavy atom. The summed E-state index contributed by atoms with van der Waals surface area (Å²) in [5.41, 5.74) is 0. The van der Waals surface area contributed by atoms with Crippen LogP contribution in [0.3, 0.4) is 0 Å². The van der Waals surface area contributed by atoms with Crippen molar-refractivity contribution in [2.24, 2.45) is 5.14 Å². The van der Waals surface area contributed by atoms with Gasteiger partial charge in [-0.2, -0.15) is 0 Å². The van der Waals surface area contributed by atoms with Gasteiger partial charge in [0.05, 0.1) is 5.75 Å². The molecule has 60 valence electrons. The number of sulfonamides is 1. The van der Waals surface area contributed by atoms with Crippen LogP contribution < -0.4 is 10.5 Å². The van der Waals surface area contributed by atoms with E-state index in [4.69, 9.17) is 0 Å². The highest BCUT2D eigenvalue weighted by atomic mass is 32.2. The summed E-state index contributed by atoms with van der Waals surface area (Å²) in [7, 11) is -3.47. The molecular weight excluding hydrogens is 176 g/mol. The minimum atomic E-state index is -3.47. The number of primary sulfonamides is 1. The van der Waals surface area contributed by atoms with E-state index in [9.17, 15) is 13.2 Å². The van der Waals surface area contributed by atoms with Crippen LogP contribution in [0.1, 0.15) is 0 Å². The summed E-state index contributed by atoms with van der Waals surface area (Å²) in [5, 5.41) is 6.22. The number of hydrogen-bond acceptors (Lipinski definition) is 3. The number of thiol groups is 1. The van der Waals surface area contributed by atoms with Crippen molar-refractivity contribution < 1.29 is 13.2 Å². The number of hydrogen-bond donors (Lipinski definition) is 3. The van der Waals surface area contributed by atoms with Gasteiger partial charge in [0.1, 0.15) is 0 Å². The third-order valence-corrected chi connectivity index (χ3v) is 1.59.